The van der Waals surface area contributed by atoms with Gasteiger partial charge in [0.05, 0.1) is 0 Å². The van der Waals surface area contributed by atoms with Gasteiger partial charge in [-0.15, -0.1) is 0 Å². The van der Waals surface area contributed by atoms with Crippen molar-refractivity contribution in [1.82, 2.24) is 4.90 Å². The number of rotatable bonds is 4. The van der Waals surface area contributed by atoms with Gasteiger partial charge in [-0.1, -0.05) is 13.0 Å². The molecule has 0 spiro atoms. The summed E-state index contributed by atoms with van der Waals surface area (Å²) in [4.78, 5) is 24.5. The largest absolute Gasteiger partial charge is 0.366 e. The molecule has 0 unspecified atom stereocenters. The van der Waals surface area contributed by atoms with Crippen LogP contribution < -0.4 is 5.73 Å². The van der Waals surface area contributed by atoms with Crippen molar-refractivity contribution < 1.29 is 9.59 Å². The van der Waals surface area contributed by atoms with Crippen molar-refractivity contribution >= 4 is 11.8 Å². The topological polar surface area (TPSA) is 63.4 Å². The molecule has 4 heteroatoms. The molecule has 1 aromatic rings. The number of nitrogens with zero attached hydrogens (tertiary/aromatic N) is 1. The van der Waals surface area contributed by atoms with Gasteiger partial charge in [-0.2, -0.15) is 0 Å². The molecular weight excluding hydrogens is 204 g/mol. The molecule has 0 aliphatic carbocycles. The summed E-state index contributed by atoms with van der Waals surface area (Å²) >= 11 is 0. The quantitative estimate of drug-likeness (QED) is 0.830. The zero-order valence-electron chi connectivity index (χ0n) is 9.56. The molecule has 2 N–H and O–H groups in total. The van der Waals surface area contributed by atoms with Crippen LogP contribution in [0.25, 0.3) is 0 Å². The van der Waals surface area contributed by atoms with E-state index in [0.29, 0.717) is 17.7 Å². The molecule has 0 atom stereocenters. The minimum atomic E-state index is -0.521. The first kappa shape index (κ1) is 12.2. The molecule has 0 aliphatic heterocycles. The summed E-state index contributed by atoms with van der Waals surface area (Å²) in [5.74, 6) is -0.613. The number of nitrogens with two attached hydrogens (primary N) is 1. The van der Waals surface area contributed by atoms with Gasteiger partial charge >= 0.3 is 0 Å². The Hall–Kier alpha value is -1.84. The minimum absolute atomic E-state index is 0.0926. The number of hydrogen-bond acceptors (Lipinski definition) is 2. The fourth-order valence-corrected chi connectivity index (χ4v) is 1.46. The van der Waals surface area contributed by atoms with Gasteiger partial charge in [-0.25, -0.2) is 0 Å². The number of amides is 2. The maximum atomic E-state index is 11.9. The van der Waals surface area contributed by atoms with Crippen LogP contribution in [0, 0.1) is 0 Å². The van der Waals surface area contributed by atoms with Crippen molar-refractivity contribution in [1.29, 1.82) is 0 Å². The molecule has 0 fully saturated rings. The fraction of sp³-hybridized carbons (Fsp3) is 0.333. The van der Waals surface area contributed by atoms with Gasteiger partial charge in [0.2, 0.25) is 5.91 Å². The molecule has 0 radical (unpaired) electrons. The van der Waals surface area contributed by atoms with Crippen LogP contribution in [0.5, 0.6) is 0 Å². The fourth-order valence-electron chi connectivity index (χ4n) is 1.46. The van der Waals surface area contributed by atoms with E-state index in [1.807, 2.05) is 6.92 Å². The molecule has 2 amide bonds. The Labute approximate surface area is 95.0 Å². The first-order valence-corrected chi connectivity index (χ1v) is 5.21. The second-order valence-electron chi connectivity index (χ2n) is 3.67. The lowest BCUT2D eigenvalue weighted by atomic mass is 10.1. The van der Waals surface area contributed by atoms with E-state index in [2.05, 4.69) is 0 Å². The van der Waals surface area contributed by atoms with Crippen LogP contribution in [-0.4, -0.2) is 30.3 Å². The normalized spacial score (nSPS) is 9.88. The Morgan fingerprint density at radius 3 is 2.50 bits per heavy atom. The molecule has 0 saturated heterocycles. The van der Waals surface area contributed by atoms with Crippen molar-refractivity contribution in [2.24, 2.45) is 5.73 Å². The molecule has 0 saturated carbocycles. The molecule has 0 aromatic heterocycles. The van der Waals surface area contributed by atoms with E-state index in [-0.39, 0.29) is 5.91 Å². The number of benzene rings is 1. The SMILES string of the molecule is CCCN(C)C(=O)c1cccc(C(N)=O)c1. The van der Waals surface area contributed by atoms with E-state index in [0.717, 1.165) is 6.42 Å². The van der Waals surface area contributed by atoms with E-state index < -0.39 is 5.91 Å². The van der Waals surface area contributed by atoms with E-state index in [1.54, 1.807) is 30.1 Å². The number of carbonyl (C=O) groups excluding carboxylic acids is 2. The summed E-state index contributed by atoms with van der Waals surface area (Å²) in [5.41, 5.74) is 6.00. The van der Waals surface area contributed by atoms with Gasteiger partial charge in [-0.05, 0) is 24.6 Å². The van der Waals surface area contributed by atoms with Gasteiger partial charge in [0.15, 0.2) is 0 Å². The van der Waals surface area contributed by atoms with Crippen LogP contribution in [-0.2, 0) is 0 Å². The minimum Gasteiger partial charge on any atom is -0.366 e. The average Bonchev–Trinajstić information content (AvgIpc) is 2.28. The number of primary amides is 1. The third kappa shape index (κ3) is 2.82. The Balaban J connectivity index is 2.91. The van der Waals surface area contributed by atoms with Crippen LogP contribution in [0.2, 0.25) is 0 Å². The predicted molar refractivity (Wildman–Crippen MR) is 62.2 cm³/mol. The third-order valence-corrected chi connectivity index (χ3v) is 2.30. The van der Waals surface area contributed by atoms with Gasteiger partial charge in [-0.3, -0.25) is 9.59 Å². The summed E-state index contributed by atoms with van der Waals surface area (Å²) in [6.07, 6.45) is 0.901. The first-order chi connectivity index (χ1) is 7.56. The zero-order valence-corrected chi connectivity index (χ0v) is 9.56. The molecule has 1 rings (SSSR count). The first-order valence-electron chi connectivity index (χ1n) is 5.21. The van der Waals surface area contributed by atoms with Crippen molar-refractivity contribution in [3.05, 3.63) is 35.4 Å². The Morgan fingerprint density at radius 1 is 1.31 bits per heavy atom. The predicted octanol–water partition coefficient (Wildman–Crippen LogP) is 1.27. The molecule has 0 aliphatic rings. The highest BCUT2D eigenvalue weighted by Crippen LogP contribution is 2.07. The van der Waals surface area contributed by atoms with Crippen LogP contribution in [0.1, 0.15) is 34.1 Å². The van der Waals surface area contributed by atoms with E-state index >= 15 is 0 Å². The Kier molecular flexibility index (Phi) is 4.05. The smallest absolute Gasteiger partial charge is 0.253 e. The molecular formula is C12H16N2O2. The summed E-state index contributed by atoms with van der Waals surface area (Å²) in [6, 6.07) is 6.46. The molecule has 1 aromatic carbocycles. The Morgan fingerprint density at radius 2 is 1.94 bits per heavy atom. The highest BCUT2D eigenvalue weighted by atomic mass is 16.2. The summed E-state index contributed by atoms with van der Waals surface area (Å²) in [7, 11) is 1.74. The maximum absolute atomic E-state index is 11.9. The van der Waals surface area contributed by atoms with Crippen LogP contribution in [0.15, 0.2) is 24.3 Å². The second-order valence-corrected chi connectivity index (χ2v) is 3.67. The second kappa shape index (κ2) is 5.30. The van der Waals surface area contributed by atoms with Gasteiger partial charge in [0, 0.05) is 24.7 Å². The lowest BCUT2D eigenvalue weighted by Crippen LogP contribution is -2.27. The molecule has 16 heavy (non-hydrogen) atoms. The maximum Gasteiger partial charge on any atom is 0.253 e. The number of hydrogen-bond donors (Lipinski definition) is 1. The summed E-state index contributed by atoms with van der Waals surface area (Å²) in [6.45, 7) is 2.70. The monoisotopic (exact) mass is 220 g/mol. The standard InChI is InChI=1S/C12H16N2O2/c1-3-7-14(2)12(16)10-6-4-5-9(8-10)11(13)15/h4-6,8H,3,7H2,1-2H3,(H2,13,15). The van der Waals surface area contributed by atoms with E-state index in [9.17, 15) is 9.59 Å². The van der Waals surface area contributed by atoms with Crippen LogP contribution in [0.4, 0.5) is 0 Å². The van der Waals surface area contributed by atoms with Crippen molar-refractivity contribution in [2.75, 3.05) is 13.6 Å². The van der Waals surface area contributed by atoms with E-state index in [1.165, 1.54) is 6.07 Å². The Bertz CT molecular complexity index is 402. The lowest BCUT2D eigenvalue weighted by molar-refractivity contribution is 0.0795. The molecule has 0 heterocycles. The van der Waals surface area contributed by atoms with Crippen molar-refractivity contribution in [2.45, 2.75) is 13.3 Å². The summed E-state index contributed by atoms with van der Waals surface area (Å²) < 4.78 is 0. The van der Waals surface area contributed by atoms with Gasteiger partial charge in [0.1, 0.15) is 0 Å². The highest BCUT2D eigenvalue weighted by molar-refractivity contribution is 5.98. The average molecular weight is 220 g/mol. The molecule has 0 bridgehead atoms. The summed E-state index contributed by atoms with van der Waals surface area (Å²) in [5, 5.41) is 0. The van der Waals surface area contributed by atoms with Gasteiger partial charge < -0.3 is 10.6 Å². The van der Waals surface area contributed by atoms with Gasteiger partial charge in [0.25, 0.3) is 5.91 Å². The van der Waals surface area contributed by atoms with Crippen LogP contribution in [0.3, 0.4) is 0 Å². The molecule has 4 nitrogen and oxygen atoms in total. The van der Waals surface area contributed by atoms with E-state index in [4.69, 9.17) is 5.73 Å². The third-order valence-electron chi connectivity index (χ3n) is 2.30. The van der Waals surface area contributed by atoms with Crippen molar-refractivity contribution in [3.8, 4) is 0 Å². The lowest BCUT2D eigenvalue weighted by Gasteiger charge is -2.16. The van der Waals surface area contributed by atoms with Crippen LogP contribution >= 0.6 is 0 Å². The van der Waals surface area contributed by atoms with Crippen molar-refractivity contribution in [3.63, 3.8) is 0 Å². The number of carbonyl (C=O) groups is 2. The zero-order chi connectivity index (χ0) is 12.1. The molecule has 86 valence electrons. The highest BCUT2D eigenvalue weighted by Gasteiger charge is 2.12.